The lowest BCUT2D eigenvalue weighted by Crippen LogP contribution is -2.37. The zero-order valence-corrected chi connectivity index (χ0v) is 12.7. The van der Waals surface area contributed by atoms with Crippen LogP contribution in [0.4, 0.5) is 10.5 Å². The van der Waals surface area contributed by atoms with E-state index in [0.29, 0.717) is 5.69 Å². The Hall–Kier alpha value is -1.69. The molecule has 1 aromatic carbocycles. The highest BCUT2D eigenvalue weighted by molar-refractivity contribution is 7.98. The van der Waals surface area contributed by atoms with E-state index >= 15 is 0 Å². The number of benzene rings is 1. The highest BCUT2D eigenvalue weighted by Crippen LogP contribution is 2.18. The summed E-state index contributed by atoms with van der Waals surface area (Å²) >= 11 is 1.59. The Bertz CT molecular complexity index is 477. The highest BCUT2D eigenvalue weighted by atomic mass is 32.2. The van der Waals surface area contributed by atoms with Gasteiger partial charge in [0.15, 0.2) is 0 Å². The minimum Gasteiger partial charge on any atom is -0.481 e. The number of nitrogens with one attached hydrogen (secondary N) is 2. The molecule has 110 valence electrons. The molecular weight excluding hydrogens is 276 g/mol. The van der Waals surface area contributed by atoms with E-state index in [1.165, 1.54) is 0 Å². The predicted octanol–water partition coefficient (Wildman–Crippen LogP) is 2.89. The number of thioether (sulfide) groups is 1. The van der Waals surface area contributed by atoms with Crippen molar-refractivity contribution in [2.24, 2.45) is 11.8 Å². The lowest BCUT2D eigenvalue weighted by Gasteiger charge is -2.17. The van der Waals surface area contributed by atoms with Gasteiger partial charge < -0.3 is 15.7 Å². The number of rotatable bonds is 6. The molecule has 5 nitrogen and oxygen atoms in total. The highest BCUT2D eigenvalue weighted by Gasteiger charge is 2.21. The van der Waals surface area contributed by atoms with Gasteiger partial charge in [0.2, 0.25) is 0 Å². The summed E-state index contributed by atoms with van der Waals surface area (Å²) in [5, 5.41) is 14.3. The van der Waals surface area contributed by atoms with Crippen molar-refractivity contribution in [3.05, 3.63) is 24.3 Å². The van der Waals surface area contributed by atoms with E-state index < -0.39 is 17.9 Å². The first-order chi connectivity index (χ1) is 9.43. The second-order valence-electron chi connectivity index (χ2n) is 4.76. The quantitative estimate of drug-likeness (QED) is 0.705. The molecular formula is C14H20N2O3S. The van der Waals surface area contributed by atoms with Crippen molar-refractivity contribution in [2.75, 3.05) is 18.1 Å². The van der Waals surface area contributed by atoms with Crippen LogP contribution in [0.3, 0.4) is 0 Å². The summed E-state index contributed by atoms with van der Waals surface area (Å²) in [6.07, 6.45) is 1.96. The molecule has 0 fully saturated rings. The van der Waals surface area contributed by atoms with Crippen LogP contribution in [0, 0.1) is 11.8 Å². The molecule has 0 heterocycles. The number of carbonyl (C=O) groups excluding carboxylic acids is 1. The summed E-state index contributed by atoms with van der Waals surface area (Å²) in [4.78, 5) is 23.8. The van der Waals surface area contributed by atoms with Gasteiger partial charge in [0.1, 0.15) is 0 Å². The van der Waals surface area contributed by atoms with Gasteiger partial charge in [0.25, 0.3) is 0 Å². The molecule has 0 aliphatic rings. The van der Waals surface area contributed by atoms with Crippen LogP contribution < -0.4 is 10.6 Å². The summed E-state index contributed by atoms with van der Waals surface area (Å²) in [7, 11) is 0. The lowest BCUT2D eigenvalue weighted by molar-refractivity contribution is -0.142. The van der Waals surface area contributed by atoms with Gasteiger partial charge in [-0.2, -0.15) is 0 Å². The van der Waals surface area contributed by atoms with Gasteiger partial charge >= 0.3 is 12.0 Å². The number of carboxylic acids is 1. The van der Waals surface area contributed by atoms with Crippen LogP contribution in [0.5, 0.6) is 0 Å². The van der Waals surface area contributed by atoms with Crippen LogP contribution in [-0.4, -0.2) is 29.9 Å². The Morgan fingerprint density at radius 1 is 1.35 bits per heavy atom. The van der Waals surface area contributed by atoms with Crippen molar-refractivity contribution >= 4 is 29.4 Å². The number of carboxylic acid groups (broad SMARTS) is 1. The number of amides is 2. The predicted molar refractivity (Wildman–Crippen MR) is 81.2 cm³/mol. The Morgan fingerprint density at radius 3 is 2.60 bits per heavy atom. The smallest absolute Gasteiger partial charge is 0.319 e. The van der Waals surface area contributed by atoms with Crippen LogP contribution in [0.15, 0.2) is 29.2 Å². The third-order valence-electron chi connectivity index (χ3n) is 2.93. The molecule has 20 heavy (non-hydrogen) atoms. The van der Waals surface area contributed by atoms with Crippen LogP contribution in [0.25, 0.3) is 0 Å². The summed E-state index contributed by atoms with van der Waals surface area (Å²) in [6, 6.07) is 7.07. The molecule has 1 atom stereocenters. The lowest BCUT2D eigenvalue weighted by atomic mass is 9.96. The fourth-order valence-corrected chi connectivity index (χ4v) is 2.15. The summed E-state index contributed by atoms with van der Waals surface area (Å²) in [5.74, 6) is -1.52. The average Bonchev–Trinajstić information content (AvgIpc) is 2.38. The maximum absolute atomic E-state index is 11.7. The molecule has 0 saturated heterocycles. The Balaban J connectivity index is 2.53. The third kappa shape index (κ3) is 5.13. The number of anilines is 1. The molecule has 0 radical (unpaired) electrons. The van der Waals surface area contributed by atoms with Gasteiger partial charge in [-0.05, 0) is 30.4 Å². The van der Waals surface area contributed by atoms with E-state index in [2.05, 4.69) is 10.6 Å². The number of carbonyl (C=O) groups is 2. The number of urea groups is 1. The first kappa shape index (κ1) is 16.4. The van der Waals surface area contributed by atoms with Crippen molar-refractivity contribution in [1.82, 2.24) is 5.32 Å². The van der Waals surface area contributed by atoms with E-state index in [0.717, 1.165) is 4.90 Å². The summed E-state index contributed by atoms with van der Waals surface area (Å²) in [5.41, 5.74) is 0.686. The van der Waals surface area contributed by atoms with Gasteiger partial charge in [0, 0.05) is 17.1 Å². The molecule has 0 spiro atoms. The monoisotopic (exact) mass is 296 g/mol. The molecule has 1 rings (SSSR count). The fourth-order valence-electron chi connectivity index (χ4n) is 1.69. The standard InChI is InChI=1S/C14H20N2O3S/c1-9(2)12(13(17)18)8-15-14(19)16-10-5-4-6-11(7-10)20-3/h4-7,9,12H,8H2,1-3H3,(H,17,18)(H2,15,16,19). The van der Waals surface area contributed by atoms with Gasteiger partial charge in [-0.3, -0.25) is 4.79 Å². The zero-order chi connectivity index (χ0) is 15.1. The van der Waals surface area contributed by atoms with E-state index in [1.54, 1.807) is 17.8 Å². The third-order valence-corrected chi connectivity index (χ3v) is 3.66. The van der Waals surface area contributed by atoms with E-state index in [-0.39, 0.29) is 12.5 Å². The molecule has 0 aromatic heterocycles. The number of hydrogen-bond acceptors (Lipinski definition) is 3. The molecule has 0 saturated carbocycles. The second-order valence-corrected chi connectivity index (χ2v) is 5.64. The normalized spacial score (nSPS) is 12.0. The van der Waals surface area contributed by atoms with Crippen molar-refractivity contribution < 1.29 is 14.7 Å². The Kier molecular flexibility index (Phi) is 6.38. The van der Waals surface area contributed by atoms with Crippen LogP contribution >= 0.6 is 11.8 Å². The van der Waals surface area contributed by atoms with Gasteiger partial charge in [0.05, 0.1) is 5.92 Å². The molecule has 0 aliphatic heterocycles. The van der Waals surface area contributed by atoms with Crippen LogP contribution in [0.2, 0.25) is 0 Å². The average molecular weight is 296 g/mol. The number of hydrogen-bond donors (Lipinski definition) is 3. The van der Waals surface area contributed by atoms with Gasteiger partial charge in [-0.1, -0.05) is 19.9 Å². The first-order valence-corrected chi connectivity index (χ1v) is 7.58. The summed E-state index contributed by atoms with van der Waals surface area (Å²) < 4.78 is 0. The van der Waals surface area contributed by atoms with Crippen LogP contribution in [0.1, 0.15) is 13.8 Å². The van der Waals surface area contributed by atoms with E-state index in [9.17, 15) is 9.59 Å². The van der Waals surface area contributed by atoms with E-state index in [4.69, 9.17) is 5.11 Å². The molecule has 3 N–H and O–H groups in total. The minimum absolute atomic E-state index is 0.0346. The Morgan fingerprint density at radius 2 is 2.05 bits per heavy atom. The summed E-state index contributed by atoms with van der Waals surface area (Å²) in [6.45, 7) is 3.75. The largest absolute Gasteiger partial charge is 0.481 e. The second kappa shape index (κ2) is 7.79. The number of aliphatic carboxylic acids is 1. The first-order valence-electron chi connectivity index (χ1n) is 6.35. The van der Waals surface area contributed by atoms with Gasteiger partial charge in [-0.25, -0.2) is 4.79 Å². The fraction of sp³-hybridized carbons (Fsp3) is 0.429. The van der Waals surface area contributed by atoms with E-state index in [1.807, 2.05) is 38.3 Å². The van der Waals surface area contributed by atoms with Gasteiger partial charge in [-0.15, -0.1) is 11.8 Å². The molecule has 6 heteroatoms. The van der Waals surface area contributed by atoms with Crippen molar-refractivity contribution in [3.8, 4) is 0 Å². The SMILES string of the molecule is CSc1cccc(NC(=O)NCC(C(=O)O)C(C)C)c1. The maximum atomic E-state index is 11.7. The molecule has 0 aliphatic carbocycles. The molecule has 1 aromatic rings. The zero-order valence-electron chi connectivity index (χ0n) is 11.8. The van der Waals surface area contributed by atoms with Crippen molar-refractivity contribution in [1.29, 1.82) is 0 Å². The molecule has 2 amide bonds. The Labute approximate surface area is 123 Å². The molecule has 0 bridgehead atoms. The van der Waals surface area contributed by atoms with Crippen molar-refractivity contribution in [3.63, 3.8) is 0 Å². The molecule has 1 unspecified atom stereocenters. The minimum atomic E-state index is -0.898. The topological polar surface area (TPSA) is 78.4 Å². The van der Waals surface area contributed by atoms with Crippen molar-refractivity contribution in [2.45, 2.75) is 18.7 Å². The van der Waals surface area contributed by atoms with Crippen LogP contribution in [-0.2, 0) is 4.79 Å². The maximum Gasteiger partial charge on any atom is 0.319 e.